The number of nitrogens with zero attached hydrogens (tertiary/aromatic N) is 1. The molecule has 1 heterocycles. The second-order valence-corrected chi connectivity index (χ2v) is 6.08. The van der Waals surface area contributed by atoms with Gasteiger partial charge in [0.15, 0.2) is 6.10 Å². The average Bonchev–Trinajstić information content (AvgIpc) is 3.02. The van der Waals surface area contributed by atoms with E-state index in [0.29, 0.717) is 18.5 Å². The zero-order valence-electron chi connectivity index (χ0n) is 14.1. The highest BCUT2D eigenvalue weighted by molar-refractivity contribution is 5.82. The fourth-order valence-corrected chi connectivity index (χ4v) is 2.68. The van der Waals surface area contributed by atoms with Crippen molar-refractivity contribution in [2.45, 2.75) is 26.4 Å². The van der Waals surface area contributed by atoms with Crippen LogP contribution in [-0.4, -0.2) is 27.5 Å². The predicted molar refractivity (Wildman–Crippen MR) is 93.6 cm³/mol. The minimum Gasteiger partial charge on any atom is -0.378 e. The van der Waals surface area contributed by atoms with Crippen LogP contribution in [0.3, 0.4) is 0 Å². The first kappa shape index (κ1) is 17.1. The van der Waals surface area contributed by atoms with Crippen molar-refractivity contribution in [2.24, 2.45) is 0 Å². The Morgan fingerprint density at radius 1 is 1.24 bits per heavy atom. The van der Waals surface area contributed by atoms with E-state index in [4.69, 9.17) is 0 Å². The van der Waals surface area contributed by atoms with Crippen molar-refractivity contribution in [2.75, 3.05) is 6.54 Å². The van der Waals surface area contributed by atoms with Crippen molar-refractivity contribution in [1.29, 1.82) is 0 Å². The molecule has 130 valence electrons. The molecule has 3 aromatic rings. The first-order chi connectivity index (χ1) is 12.0. The molecular weight excluding hydrogens is 321 g/mol. The summed E-state index contributed by atoms with van der Waals surface area (Å²) in [6, 6.07) is 9.24. The van der Waals surface area contributed by atoms with Crippen LogP contribution in [0.4, 0.5) is 4.39 Å². The maximum absolute atomic E-state index is 12.9. The summed E-state index contributed by atoms with van der Waals surface area (Å²) in [7, 11) is 0. The van der Waals surface area contributed by atoms with E-state index in [1.165, 1.54) is 29.8 Å². The number of benzene rings is 2. The molecular formula is C19H20FN3O2. The molecule has 0 aliphatic carbocycles. The van der Waals surface area contributed by atoms with Gasteiger partial charge in [-0.1, -0.05) is 18.2 Å². The van der Waals surface area contributed by atoms with Crippen LogP contribution < -0.4 is 5.32 Å². The number of fused-ring (bicyclic) bond motifs is 1. The van der Waals surface area contributed by atoms with E-state index < -0.39 is 17.8 Å². The molecule has 2 aromatic carbocycles. The van der Waals surface area contributed by atoms with Gasteiger partial charge in [0.25, 0.3) is 5.91 Å². The maximum atomic E-state index is 12.9. The number of H-pyrrole nitrogens is 1. The number of carbonyl (C=O) groups is 1. The van der Waals surface area contributed by atoms with Crippen molar-refractivity contribution >= 4 is 16.9 Å². The Morgan fingerprint density at radius 2 is 1.96 bits per heavy atom. The first-order valence-electron chi connectivity index (χ1n) is 8.12. The van der Waals surface area contributed by atoms with Gasteiger partial charge < -0.3 is 15.4 Å². The number of aromatic amines is 1. The molecule has 0 saturated heterocycles. The average molecular weight is 341 g/mol. The molecule has 0 fully saturated rings. The minimum atomic E-state index is -1.32. The van der Waals surface area contributed by atoms with E-state index in [-0.39, 0.29) is 0 Å². The Bertz CT molecular complexity index is 903. The molecule has 1 unspecified atom stereocenters. The van der Waals surface area contributed by atoms with Gasteiger partial charge in [-0.25, -0.2) is 9.37 Å². The molecule has 0 spiro atoms. The molecule has 5 nitrogen and oxygen atoms in total. The molecule has 6 heteroatoms. The molecule has 1 atom stereocenters. The van der Waals surface area contributed by atoms with Gasteiger partial charge in [0, 0.05) is 13.0 Å². The van der Waals surface area contributed by atoms with Gasteiger partial charge in [-0.3, -0.25) is 4.79 Å². The SMILES string of the molecule is Cc1ccc2[nH]c(CCNC(=O)C(O)c3ccc(F)cc3)nc2c1C. The Hall–Kier alpha value is -2.73. The van der Waals surface area contributed by atoms with Gasteiger partial charge in [-0.2, -0.15) is 0 Å². The number of hydrogen-bond donors (Lipinski definition) is 3. The smallest absolute Gasteiger partial charge is 0.253 e. The standard InChI is InChI=1S/C19H20FN3O2/c1-11-3-8-15-17(12(11)2)23-16(22-15)9-10-21-19(25)18(24)13-4-6-14(20)7-5-13/h3-8,18,24H,9-10H2,1-2H3,(H,21,25)(H,22,23). The van der Waals surface area contributed by atoms with Crippen LogP contribution in [0.25, 0.3) is 11.0 Å². The third kappa shape index (κ3) is 3.69. The Balaban J connectivity index is 1.60. The largest absolute Gasteiger partial charge is 0.378 e. The molecule has 1 amide bonds. The van der Waals surface area contributed by atoms with Crippen molar-refractivity contribution in [3.8, 4) is 0 Å². The van der Waals surface area contributed by atoms with Crippen molar-refractivity contribution in [3.05, 3.63) is 64.7 Å². The summed E-state index contributed by atoms with van der Waals surface area (Å²) in [6.07, 6.45) is -0.796. The number of aliphatic hydroxyl groups excluding tert-OH is 1. The third-order valence-corrected chi connectivity index (χ3v) is 4.32. The maximum Gasteiger partial charge on any atom is 0.253 e. The number of aryl methyl sites for hydroxylation is 2. The number of rotatable bonds is 5. The number of hydrogen-bond acceptors (Lipinski definition) is 3. The number of carbonyl (C=O) groups excluding carboxylic acids is 1. The van der Waals surface area contributed by atoms with Gasteiger partial charge in [-0.05, 0) is 48.7 Å². The van der Waals surface area contributed by atoms with E-state index in [2.05, 4.69) is 15.3 Å². The lowest BCUT2D eigenvalue weighted by atomic mass is 10.1. The number of imidazole rings is 1. The number of nitrogens with one attached hydrogen (secondary N) is 2. The molecule has 0 bridgehead atoms. The normalized spacial score (nSPS) is 12.3. The quantitative estimate of drug-likeness (QED) is 0.668. The minimum absolute atomic E-state index is 0.342. The highest BCUT2D eigenvalue weighted by atomic mass is 19.1. The van der Waals surface area contributed by atoms with Crippen molar-refractivity contribution in [1.82, 2.24) is 15.3 Å². The van der Waals surface area contributed by atoms with Gasteiger partial charge in [0.1, 0.15) is 11.6 Å². The van der Waals surface area contributed by atoms with Crippen molar-refractivity contribution < 1.29 is 14.3 Å². The lowest BCUT2D eigenvalue weighted by molar-refractivity contribution is -0.129. The lowest BCUT2D eigenvalue weighted by Gasteiger charge is -2.11. The Morgan fingerprint density at radius 3 is 2.68 bits per heavy atom. The van der Waals surface area contributed by atoms with Gasteiger partial charge in [0.2, 0.25) is 0 Å². The molecule has 0 aliphatic rings. The summed E-state index contributed by atoms with van der Waals surface area (Å²) >= 11 is 0. The zero-order valence-corrected chi connectivity index (χ0v) is 14.1. The van der Waals surface area contributed by atoms with Crippen LogP contribution in [0.2, 0.25) is 0 Å². The van der Waals surface area contributed by atoms with Crippen LogP contribution in [0.15, 0.2) is 36.4 Å². The fraction of sp³-hybridized carbons (Fsp3) is 0.263. The molecule has 3 rings (SSSR count). The zero-order chi connectivity index (χ0) is 18.0. The molecule has 0 aliphatic heterocycles. The number of halogens is 1. The van der Waals surface area contributed by atoms with E-state index >= 15 is 0 Å². The summed E-state index contributed by atoms with van der Waals surface area (Å²) in [5, 5.41) is 12.7. The summed E-state index contributed by atoms with van der Waals surface area (Å²) < 4.78 is 12.9. The van der Waals surface area contributed by atoms with Crippen molar-refractivity contribution in [3.63, 3.8) is 0 Å². The molecule has 25 heavy (non-hydrogen) atoms. The van der Waals surface area contributed by atoms with E-state index in [0.717, 1.165) is 22.4 Å². The van der Waals surface area contributed by atoms with E-state index in [9.17, 15) is 14.3 Å². The Labute approximate surface area is 144 Å². The summed E-state index contributed by atoms with van der Waals surface area (Å²) in [4.78, 5) is 19.8. The van der Waals surface area contributed by atoms with Crippen LogP contribution in [0.1, 0.15) is 28.6 Å². The highest BCUT2D eigenvalue weighted by Crippen LogP contribution is 2.19. The van der Waals surface area contributed by atoms with E-state index in [1.54, 1.807) is 0 Å². The second kappa shape index (κ2) is 7.03. The number of aromatic nitrogens is 2. The van der Waals surface area contributed by atoms with Gasteiger partial charge in [0.05, 0.1) is 11.0 Å². The first-order valence-corrected chi connectivity index (χ1v) is 8.12. The van der Waals surface area contributed by atoms with Gasteiger partial charge >= 0.3 is 0 Å². The molecule has 1 aromatic heterocycles. The summed E-state index contributed by atoms with van der Waals surface area (Å²) in [6.45, 7) is 4.41. The number of amides is 1. The third-order valence-electron chi connectivity index (χ3n) is 4.32. The molecule has 0 saturated carbocycles. The highest BCUT2D eigenvalue weighted by Gasteiger charge is 2.17. The van der Waals surface area contributed by atoms with E-state index in [1.807, 2.05) is 26.0 Å². The summed E-state index contributed by atoms with van der Waals surface area (Å²) in [5.74, 6) is -0.151. The summed E-state index contributed by atoms with van der Waals surface area (Å²) in [5.41, 5.74) is 4.58. The lowest BCUT2D eigenvalue weighted by Crippen LogP contribution is -2.31. The van der Waals surface area contributed by atoms with Crippen LogP contribution in [0.5, 0.6) is 0 Å². The molecule has 0 radical (unpaired) electrons. The second-order valence-electron chi connectivity index (χ2n) is 6.08. The van der Waals surface area contributed by atoms with Crippen LogP contribution in [0, 0.1) is 19.7 Å². The van der Waals surface area contributed by atoms with Gasteiger partial charge in [-0.15, -0.1) is 0 Å². The topological polar surface area (TPSA) is 78.0 Å². The van der Waals surface area contributed by atoms with Crippen LogP contribution in [-0.2, 0) is 11.2 Å². The monoisotopic (exact) mass is 341 g/mol. The molecule has 3 N–H and O–H groups in total. The fourth-order valence-electron chi connectivity index (χ4n) is 2.68. The Kier molecular flexibility index (Phi) is 4.81. The predicted octanol–water partition coefficient (Wildman–Crippen LogP) is 2.71. The number of aliphatic hydroxyl groups is 1. The van der Waals surface area contributed by atoms with Crippen LogP contribution >= 0.6 is 0 Å².